The molecule has 2 unspecified atom stereocenters. The van der Waals surface area contributed by atoms with Crippen LogP contribution in [0.1, 0.15) is 47.9 Å². The number of aryl methyl sites for hydroxylation is 2. The number of nitrogens with one attached hydrogen (secondary N) is 1. The van der Waals surface area contributed by atoms with Gasteiger partial charge in [0.05, 0.1) is 6.42 Å². The fraction of sp³-hybridized carbons (Fsp3) is 0.600. The predicted molar refractivity (Wildman–Crippen MR) is 104 cm³/mol. The summed E-state index contributed by atoms with van der Waals surface area (Å²) in [5, 5.41) is 2.82. The Morgan fingerprint density at radius 3 is 2.84 bits per heavy atom. The molecule has 25 heavy (non-hydrogen) atoms. The van der Waals surface area contributed by atoms with Gasteiger partial charge in [0.2, 0.25) is 11.8 Å². The zero-order valence-corrected chi connectivity index (χ0v) is 16.5. The van der Waals surface area contributed by atoms with Gasteiger partial charge in [-0.3, -0.25) is 9.59 Å². The quantitative estimate of drug-likeness (QED) is 0.595. The summed E-state index contributed by atoms with van der Waals surface area (Å²) < 4.78 is 0. The summed E-state index contributed by atoms with van der Waals surface area (Å²) in [4.78, 5) is 28.7. The standard InChI is InChI=1S/C20H30N2O2S/c1-5-19(23)21-10-6-9-17-14(2)8-7-11-22(17)20(24)13-18-15(3)12-16(4)25-18/h5,12,14,17H,1,6-11,13H2,2-4H3,(H,21,23). The first-order chi connectivity index (χ1) is 11.9. The van der Waals surface area contributed by atoms with Crippen molar-refractivity contribution in [2.45, 2.75) is 58.9 Å². The fourth-order valence-corrected chi connectivity index (χ4v) is 4.74. The third kappa shape index (κ3) is 5.43. The minimum atomic E-state index is -0.131. The first-order valence-corrected chi connectivity index (χ1v) is 9.99. The van der Waals surface area contributed by atoms with Crippen LogP contribution < -0.4 is 5.32 Å². The number of amides is 2. The van der Waals surface area contributed by atoms with E-state index in [-0.39, 0.29) is 17.9 Å². The lowest BCUT2D eigenvalue weighted by Gasteiger charge is -2.40. The number of rotatable bonds is 7. The van der Waals surface area contributed by atoms with E-state index >= 15 is 0 Å². The zero-order chi connectivity index (χ0) is 18.4. The van der Waals surface area contributed by atoms with Crippen LogP contribution in [0.25, 0.3) is 0 Å². The van der Waals surface area contributed by atoms with Crippen LogP contribution in [-0.2, 0) is 16.0 Å². The van der Waals surface area contributed by atoms with Crippen LogP contribution in [-0.4, -0.2) is 35.8 Å². The molecule has 1 aromatic rings. The van der Waals surface area contributed by atoms with Gasteiger partial charge in [0.15, 0.2) is 0 Å². The summed E-state index contributed by atoms with van der Waals surface area (Å²) in [6.07, 6.45) is 5.89. The Kier molecular flexibility index (Phi) is 7.24. The SMILES string of the molecule is C=CC(=O)NCCCC1C(C)CCCN1C(=O)Cc1sc(C)cc1C. The van der Waals surface area contributed by atoms with Crippen molar-refractivity contribution in [2.24, 2.45) is 5.92 Å². The van der Waals surface area contributed by atoms with Gasteiger partial charge >= 0.3 is 0 Å². The normalized spacial score (nSPS) is 20.4. The third-order valence-electron chi connectivity index (χ3n) is 5.05. The maximum absolute atomic E-state index is 12.9. The second kappa shape index (κ2) is 9.18. The van der Waals surface area contributed by atoms with Crippen molar-refractivity contribution in [3.63, 3.8) is 0 Å². The predicted octanol–water partition coefficient (Wildman–Crippen LogP) is 3.62. The molecular weight excluding hydrogens is 332 g/mol. The summed E-state index contributed by atoms with van der Waals surface area (Å²) in [5.41, 5.74) is 1.23. The van der Waals surface area contributed by atoms with Crippen molar-refractivity contribution in [1.82, 2.24) is 10.2 Å². The Hall–Kier alpha value is -1.62. The van der Waals surface area contributed by atoms with Gasteiger partial charge in [0.1, 0.15) is 0 Å². The van der Waals surface area contributed by atoms with Gasteiger partial charge in [-0.15, -0.1) is 11.3 Å². The fourth-order valence-electron chi connectivity index (χ4n) is 3.70. The number of carbonyl (C=O) groups is 2. The topological polar surface area (TPSA) is 49.4 Å². The molecule has 0 aliphatic carbocycles. The van der Waals surface area contributed by atoms with Crippen molar-refractivity contribution in [3.05, 3.63) is 34.0 Å². The van der Waals surface area contributed by atoms with E-state index in [0.717, 1.165) is 25.8 Å². The molecule has 0 aromatic carbocycles. The monoisotopic (exact) mass is 362 g/mol. The molecule has 0 radical (unpaired) electrons. The Labute approximate surface area is 155 Å². The molecular formula is C20H30N2O2S. The van der Waals surface area contributed by atoms with E-state index in [1.807, 2.05) is 0 Å². The molecule has 2 heterocycles. The third-order valence-corrected chi connectivity index (χ3v) is 6.21. The first kappa shape index (κ1) is 19.7. The van der Waals surface area contributed by atoms with Crippen LogP contribution >= 0.6 is 11.3 Å². The van der Waals surface area contributed by atoms with Crippen LogP contribution in [0.5, 0.6) is 0 Å². The van der Waals surface area contributed by atoms with Gasteiger partial charge in [0, 0.05) is 28.9 Å². The van der Waals surface area contributed by atoms with Gasteiger partial charge < -0.3 is 10.2 Å². The van der Waals surface area contributed by atoms with Gasteiger partial charge in [-0.2, -0.15) is 0 Å². The molecule has 2 atom stereocenters. The maximum Gasteiger partial charge on any atom is 0.243 e. The highest BCUT2D eigenvalue weighted by Crippen LogP contribution is 2.28. The number of nitrogens with zero attached hydrogens (tertiary/aromatic N) is 1. The summed E-state index contributed by atoms with van der Waals surface area (Å²) in [7, 11) is 0. The summed E-state index contributed by atoms with van der Waals surface area (Å²) in [6, 6.07) is 2.44. The molecule has 0 saturated carbocycles. The van der Waals surface area contributed by atoms with Gasteiger partial charge in [-0.25, -0.2) is 0 Å². The summed E-state index contributed by atoms with van der Waals surface area (Å²) >= 11 is 1.73. The average molecular weight is 363 g/mol. The highest BCUT2D eigenvalue weighted by molar-refractivity contribution is 7.12. The van der Waals surface area contributed by atoms with Gasteiger partial charge in [-0.05, 0) is 63.2 Å². The first-order valence-electron chi connectivity index (χ1n) is 9.18. The lowest BCUT2D eigenvalue weighted by Crippen LogP contribution is -2.48. The van der Waals surface area contributed by atoms with E-state index in [2.05, 4.69) is 43.6 Å². The van der Waals surface area contributed by atoms with Gasteiger partial charge in [0.25, 0.3) is 0 Å². The molecule has 1 N–H and O–H groups in total. The van der Waals surface area contributed by atoms with Gasteiger partial charge in [-0.1, -0.05) is 13.5 Å². The second-order valence-corrected chi connectivity index (χ2v) is 8.39. The molecule has 0 bridgehead atoms. The molecule has 1 fully saturated rings. The van der Waals surface area contributed by atoms with Crippen molar-refractivity contribution in [3.8, 4) is 0 Å². The minimum Gasteiger partial charge on any atom is -0.353 e. The Morgan fingerprint density at radius 2 is 2.20 bits per heavy atom. The smallest absolute Gasteiger partial charge is 0.243 e. The van der Waals surface area contributed by atoms with E-state index in [1.165, 1.54) is 27.8 Å². The molecule has 1 aromatic heterocycles. The number of likely N-dealkylation sites (tertiary alicyclic amines) is 1. The molecule has 5 heteroatoms. The van der Waals surface area contributed by atoms with Crippen molar-refractivity contribution < 1.29 is 9.59 Å². The van der Waals surface area contributed by atoms with Crippen molar-refractivity contribution in [2.75, 3.05) is 13.1 Å². The number of thiophene rings is 1. The molecule has 2 rings (SSSR count). The average Bonchev–Trinajstić information content (AvgIpc) is 2.89. The number of piperidine rings is 1. The van der Waals surface area contributed by atoms with E-state index in [1.54, 1.807) is 11.3 Å². The second-order valence-electron chi connectivity index (χ2n) is 7.05. The summed E-state index contributed by atoms with van der Waals surface area (Å²) in [5.74, 6) is 0.628. The van der Waals surface area contributed by atoms with E-state index in [0.29, 0.717) is 18.9 Å². The molecule has 1 saturated heterocycles. The maximum atomic E-state index is 12.9. The van der Waals surface area contributed by atoms with Crippen molar-refractivity contribution in [1.29, 1.82) is 0 Å². The Bertz CT molecular complexity index is 623. The molecule has 138 valence electrons. The van der Waals surface area contributed by atoms with Crippen LogP contribution in [0.2, 0.25) is 0 Å². The van der Waals surface area contributed by atoms with Crippen molar-refractivity contribution >= 4 is 23.2 Å². The van der Waals surface area contributed by atoms with Crippen LogP contribution in [0.3, 0.4) is 0 Å². The van der Waals surface area contributed by atoms with E-state index in [9.17, 15) is 9.59 Å². The Balaban J connectivity index is 1.95. The highest BCUT2D eigenvalue weighted by atomic mass is 32.1. The van der Waals surface area contributed by atoms with Crippen LogP contribution in [0, 0.1) is 19.8 Å². The number of hydrogen-bond acceptors (Lipinski definition) is 3. The summed E-state index contributed by atoms with van der Waals surface area (Å²) in [6.45, 7) is 11.4. The lowest BCUT2D eigenvalue weighted by atomic mass is 9.87. The van der Waals surface area contributed by atoms with Crippen LogP contribution in [0.4, 0.5) is 0 Å². The molecule has 1 aliphatic heterocycles. The minimum absolute atomic E-state index is 0.131. The molecule has 0 spiro atoms. The zero-order valence-electron chi connectivity index (χ0n) is 15.6. The van der Waals surface area contributed by atoms with Crippen LogP contribution in [0.15, 0.2) is 18.7 Å². The molecule has 2 amide bonds. The van der Waals surface area contributed by atoms with E-state index < -0.39 is 0 Å². The van der Waals surface area contributed by atoms with E-state index in [4.69, 9.17) is 0 Å². The lowest BCUT2D eigenvalue weighted by molar-refractivity contribution is -0.135. The molecule has 4 nitrogen and oxygen atoms in total. The largest absolute Gasteiger partial charge is 0.353 e. The number of hydrogen-bond donors (Lipinski definition) is 1. The highest BCUT2D eigenvalue weighted by Gasteiger charge is 2.31. The number of carbonyl (C=O) groups excluding carboxylic acids is 2. The molecule has 1 aliphatic rings. The Morgan fingerprint density at radius 1 is 1.44 bits per heavy atom.